The first-order chi connectivity index (χ1) is 9.69. The highest BCUT2D eigenvalue weighted by Crippen LogP contribution is 2.21. The predicted molar refractivity (Wildman–Crippen MR) is 82.3 cm³/mol. The lowest BCUT2D eigenvalue weighted by Gasteiger charge is -2.23. The average Bonchev–Trinajstić information content (AvgIpc) is 2.86. The normalized spacial score (nSPS) is 21.2. The molecule has 2 nitrogen and oxygen atoms in total. The van der Waals surface area contributed by atoms with Crippen molar-refractivity contribution in [2.24, 2.45) is 5.92 Å². The van der Waals surface area contributed by atoms with Gasteiger partial charge in [-0.05, 0) is 62.5 Å². The molecule has 1 heterocycles. The number of rotatable bonds is 7. The van der Waals surface area contributed by atoms with Gasteiger partial charge in [-0.2, -0.15) is 0 Å². The van der Waals surface area contributed by atoms with Crippen LogP contribution in [0.1, 0.15) is 44.7 Å². The van der Waals surface area contributed by atoms with Crippen LogP contribution in [0.3, 0.4) is 0 Å². The zero-order chi connectivity index (χ0) is 14.4. The Morgan fingerprint density at radius 2 is 2.10 bits per heavy atom. The summed E-state index contributed by atoms with van der Waals surface area (Å²) in [6.45, 7) is 9.10. The minimum absolute atomic E-state index is 0.156. The second-order valence-corrected chi connectivity index (χ2v) is 6.04. The average molecular weight is 278 g/mol. The van der Waals surface area contributed by atoms with E-state index in [1.54, 1.807) is 12.1 Å². The van der Waals surface area contributed by atoms with Crippen molar-refractivity contribution in [3.05, 3.63) is 35.6 Å². The first kappa shape index (κ1) is 15.5. The predicted octanol–water partition coefficient (Wildman–Crippen LogP) is 3.60. The summed E-state index contributed by atoms with van der Waals surface area (Å²) in [6, 6.07) is 7.29. The molecule has 2 unspecified atom stereocenters. The van der Waals surface area contributed by atoms with E-state index in [0.29, 0.717) is 6.04 Å². The van der Waals surface area contributed by atoms with E-state index in [-0.39, 0.29) is 5.82 Å². The van der Waals surface area contributed by atoms with Crippen molar-refractivity contribution in [2.45, 2.75) is 39.2 Å². The van der Waals surface area contributed by atoms with Crippen molar-refractivity contribution in [3.8, 4) is 0 Å². The van der Waals surface area contributed by atoms with Crippen LogP contribution in [-0.2, 0) is 0 Å². The van der Waals surface area contributed by atoms with Crippen molar-refractivity contribution in [2.75, 3.05) is 26.2 Å². The molecule has 1 fully saturated rings. The summed E-state index contributed by atoms with van der Waals surface area (Å²) in [5.74, 6) is 0.680. The fourth-order valence-electron chi connectivity index (χ4n) is 2.94. The Labute approximate surface area is 122 Å². The van der Waals surface area contributed by atoms with Gasteiger partial charge in [0.25, 0.3) is 0 Å². The molecule has 1 N–H and O–H groups in total. The second kappa shape index (κ2) is 7.75. The highest BCUT2D eigenvalue weighted by atomic mass is 19.1. The highest BCUT2D eigenvalue weighted by molar-refractivity contribution is 5.20. The molecule has 0 bridgehead atoms. The SMILES string of the molecule is CCCNC(CCN1CCC(C)C1)c1ccc(F)cc1. The van der Waals surface area contributed by atoms with E-state index in [1.807, 2.05) is 12.1 Å². The van der Waals surface area contributed by atoms with E-state index in [4.69, 9.17) is 0 Å². The van der Waals surface area contributed by atoms with Crippen LogP contribution < -0.4 is 5.32 Å². The maximum atomic E-state index is 13.0. The van der Waals surface area contributed by atoms with E-state index in [1.165, 1.54) is 25.1 Å². The number of nitrogens with zero attached hydrogens (tertiary/aromatic N) is 1. The Morgan fingerprint density at radius 1 is 1.35 bits per heavy atom. The minimum Gasteiger partial charge on any atom is -0.310 e. The van der Waals surface area contributed by atoms with E-state index < -0.39 is 0 Å². The summed E-state index contributed by atoms with van der Waals surface area (Å²) in [4.78, 5) is 2.55. The lowest BCUT2D eigenvalue weighted by molar-refractivity contribution is 0.301. The van der Waals surface area contributed by atoms with Gasteiger partial charge in [0.1, 0.15) is 5.82 Å². The van der Waals surface area contributed by atoms with Crippen LogP contribution in [0.25, 0.3) is 0 Å². The van der Waals surface area contributed by atoms with Crippen LogP contribution >= 0.6 is 0 Å². The van der Waals surface area contributed by atoms with Gasteiger partial charge in [-0.1, -0.05) is 26.0 Å². The molecule has 112 valence electrons. The van der Waals surface area contributed by atoms with Crippen molar-refractivity contribution >= 4 is 0 Å². The molecule has 0 aliphatic carbocycles. The second-order valence-electron chi connectivity index (χ2n) is 6.04. The maximum absolute atomic E-state index is 13.0. The van der Waals surface area contributed by atoms with Crippen LogP contribution in [0.15, 0.2) is 24.3 Å². The number of benzene rings is 1. The summed E-state index contributed by atoms with van der Waals surface area (Å²) >= 11 is 0. The molecule has 2 rings (SSSR count). The lowest BCUT2D eigenvalue weighted by atomic mass is 10.0. The summed E-state index contributed by atoms with van der Waals surface area (Å²) in [5, 5.41) is 3.59. The molecule has 1 aromatic carbocycles. The van der Waals surface area contributed by atoms with Crippen molar-refractivity contribution in [1.29, 1.82) is 0 Å². The van der Waals surface area contributed by atoms with Gasteiger partial charge in [-0.25, -0.2) is 4.39 Å². The van der Waals surface area contributed by atoms with E-state index >= 15 is 0 Å². The van der Waals surface area contributed by atoms with Gasteiger partial charge in [-0.15, -0.1) is 0 Å². The molecule has 20 heavy (non-hydrogen) atoms. The Hall–Kier alpha value is -0.930. The number of nitrogens with one attached hydrogen (secondary N) is 1. The van der Waals surface area contributed by atoms with Gasteiger partial charge in [0.05, 0.1) is 0 Å². The molecule has 0 radical (unpaired) electrons. The summed E-state index contributed by atoms with van der Waals surface area (Å²) in [6.07, 6.45) is 3.54. The summed E-state index contributed by atoms with van der Waals surface area (Å²) in [7, 11) is 0. The van der Waals surface area contributed by atoms with Gasteiger partial charge in [0.2, 0.25) is 0 Å². The first-order valence-corrected chi connectivity index (χ1v) is 7.90. The Bertz CT molecular complexity index is 390. The largest absolute Gasteiger partial charge is 0.310 e. The van der Waals surface area contributed by atoms with Crippen molar-refractivity contribution in [1.82, 2.24) is 10.2 Å². The number of halogens is 1. The van der Waals surface area contributed by atoms with E-state index in [2.05, 4.69) is 24.1 Å². The summed E-state index contributed by atoms with van der Waals surface area (Å²) < 4.78 is 13.0. The molecular weight excluding hydrogens is 251 g/mol. The van der Waals surface area contributed by atoms with Crippen LogP contribution in [0.5, 0.6) is 0 Å². The van der Waals surface area contributed by atoms with Crippen molar-refractivity contribution < 1.29 is 4.39 Å². The zero-order valence-electron chi connectivity index (χ0n) is 12.7. The maximum Gasteiger partial charge on any atom is 0.123 e. The molecule has 1 saturated heterocycles. The Morgan fingerprint density at radius 3 is 2.70 bits per heavy atom. The Kier molecular flexibility index (Phi) is 5.99. The van der Waals surface area contributed by atoms with E-state index in [0.717, 1.165) is 31.8 Å². The molecule has 2 atom stereocenters. The molecule has 1 aliphatic rings. The van der Waals surface area contributed by atoms with Crippen LogP contribution in [0.2, 0.25) is 0 Å². The fraction of sp³-hybridized carbons (Fsp3) is 0.647. The smallest absolute Gasteiger partial charge is 0.123 e. The van der Waals surface area contributed by atoms with Crippen molar-refractivity contribution in [3.63, 3.8) is 0 Å². The molecule has 0 spiro atoms. The molecule has 0 amide bonds. The van der Waals surface area contributed by atoms with E-state index in [9.17, 15) is 4.39 Å². The number of hydrogen-bond acceptors (Lipinski definition) is 2. The topological polar surface area (TPSA) is 15.3 Å². The standard InChI is InChI=1S/C17H27FN2/c1-3-10-19-17(15-4-6-16(18)7-5-15)9-12-20-11-8-14(2)13-20/h4-7,14,17,19H,3,8-13H2,1-2H3. The van der Waals surface area contributed by atoms with Crippen LogP contribution in [0, 0.1) is 11.7 Å². The van der Waals surface area contributed by atoms with Crippen LogP contribution in [-0.4, -0.2) is 31.1 Å². The first-order valence-electron chi connectivity index (χ1n) is 7.90. The van der Waals surface area contributed by atoms with Gasteiger partial charge in [0.15, 0.2) is 0 Å². The zero-order valence-corrected chi connectivity index (χ0v) is 12.7. The third-order valence-corrected chi connectivity index (χ3v) is 4.16. The monoisotopic (exact) mass is 278 g/mol. The third-order valence-electron chi connectivity index (χ3n) is 4.16. The summed E-state index contributed by atoms with van der Waals surface area (Å²) in [5.41, 5.74) is 1.20. The molecule has 0 aromatic heterocycles. The molecule has 1 aliphatic heterocycles. The highest BCUT2D eigenvalue weighted by Gasteiger charge is 2.20. The number of likely N-dealkylation sites (tertiary alicyclic amines) is 1. The minimum atomic E-state index is -0.156. The Balaban J connectivity index is 1.91. The fourth-order valence-corrected chi connectivity index (χ4v) is 2.94. The van der Waals surface area contributed by atoms with Gasteiger partial charge in [0, 0.05) is 12.6 Å². The lowest BCUT2D eigenvalue weighted by Crippen LogP contribution is -2.28. The number of hydrogen-bond donors (Lipinski definition) is 1. The van der Waals surface area contributed by atoms with Gasteiger partial charge >= 0.3 is 0 Å². The van der Waals surface area contributed by atoms with Crippen LogP contribution in [0.4, 0.5) is 4.39 Å². The third kappa shape index (κ3) is 4.57. The molecule has 0 saturated carbocycles. The quantitative estimate of drug-likeness (QED) is 0.820. The molecule has 3 heteroatoms. The molecule has 1 aromatic rings. The van der Waals surface area contributed by atoms with Gasteiger partial charge < -0.3 is 10.2 Å². The van der Waals surface area contributed by atoms with Gasteiger partial charge in [-0.3, -0.25) is 0 Å². The molecular formula is C17H27FN2.